The van der Waals surface area contributed by atoms with Crippen molar-refractivity contribution in [2.75, 3.05) is 27.9 Å². The van der Waals surface area contributed by atoms with Crippen LogP contribution in [-0.4, -0.2) is 48.6 Å². The smallest absolute Gasteiger partial charge is 0.203 e. The van der Waals surface area contributed by atoms with E-state index in [9.17, 15) is 0 Å². The lowest BCUT2D eigenvalue weighted by atomic mass is 10.2. The van der Waals surface area contributed by atoms with Crippen molar-refractivity contribution in [2.45, 2.75) is 52.2 Å². The minimum absolute atomic E-state index is 0. The number of halogens is 1. The van der Waals surface area contributed by atoms with E-state index in [1.165, 1.54) is 19.3 Å². The molecule has 31 heavy (non-hydrogen) atoms. The third kappa shape index (κ3) is 6.37. The second-order valence-electron chi connectivity index (χ2n) is 7.08. The molecule has 1 aliphatic rings. The van der Waals surface area contributed by atoms with Crippen LogP contribution in [0.15, 0.2) is 17.1 Å². The fourth-order valence-electron chi connectivity index (χ4n) is 3.58. The monoisotopic (exact) mass is 544 g/mol. The first-order chi connectivity index (χ1) is 14.7. The first kappa shape index (κ1) is 25.0. The number of aryl methyl sites for hydroxylation is 1. The summed E-state index contributed by atoms with van der Waals surface area (Å²) in [6.45, 7) is 4.83. The highest BCUT2D eigenvalue weighted by atomic mass is 127. The van der Waals surface area contributed by atoms with Gasteiger partial charge in [0.2, 0.25) is 5.75 Å². The number of guanidine groups is 1. The number of methoxy groups -OCH3 is 3. The average molecular weight is 544 g/mol. The lowest BCUT2D eigenvalue weighted by Crippen LogP contribution is -2.37. The highest BCUT2D eigenvalue weighted by molar-refractivity contribution is 14.0. The van der Waals surface area contributed by atoms with Gasteiger partial charge in [-0.15, -0.1) is 34.2 Å². The summed E-state index contributed by atoms with van der Waals surface area (Å²) in [5.41, 5.74) is 0.957. The Hall–Kier alpha value is -2.24. The van der Waals surface area contributed by atoms with Crippen LogP contribution in [0, 0.1) is 0 Å². The molecule has 2 heterocycles. The van der Waals surface area contributed by atoms with E-state index in [1.54, 1.807) is 21.3 Å². The Labute approximate surface area is 201 Å². The van der Waals surface area contributed by atoms with Crippen molar-refractivity contribution in [3.63, 3.8) is 0 Å². The summed E-state index contributed by atoms with van der Waals surface area (Å²) in [7, 11) is 4.81. The summed E-state index contributed by atoms with van der Waals surface area (Å²) < 4.78 is 18.5. The number of nitrogens with zero attached hydrogens (tertiary/aromatic N) is 4. The van der Waals surface area contributed by atoms with Gasteiger partial charge in [-0.2, -0.15) is 0 Å². The van der Waals surface area contributed by atoms with Gasteiger partial charge >= 0.3 is 0 Å². The Morgan fingerprint density at radius 1 is 1.03 bits per heavy atom. The van der Waals surface area contributed by atoms with Crippen LogP contribution >= 0.6 is 24.0 Å². The van der Waals surface area contributed by atoms with Crippen LogP contribution in [0.3, 0.4) is 0 Å². The van der Waals surface area contributed by atoms with Crippen LogP contribution in [0.5, 0.6) is 17.2 Å². The average Bonchev–Trinajstić information content (AvgIpc) is 3.00. The summed E-state index contributed by atoms with van der Waals surface area (Å²) in [5.74, 6) is 4.56. The van der Waals surface area contributed by atoms with Crippen molar-refractivity contribution >= 4 is 29.9 Å². The van der Waals surface area contributed by atoms with Crippen molar-refractivity contribution in [3.05, 3.63) is 29.3 Å². The summed E-state index contributed by atoms with van der Waals surface area (Å²) in [6, 6.07) is 3.82. The van der Waals surface area contributed by atoms with Gasteiger partial charge < -0.3 is 29.4 Å². The fraction of sp³-hybridized carbons (Fsp3) is 0.571. The molecule has 10 heteroatoms. The molecule has 0 atom stereocenters. The molecule has 3 rings (SSSR count). The van der Waals surface area contributed by atoms with E-state index in [2.05, 4.69) is 25.4 Å². The molecule has 0 unspecified atom stereocenters. The molecule has 0 spiro atoms. The number of fused-ring (bicyclic) bond motifs is 1. The standard InChI is InChI=1S/C21H32N6O3.HI/c1-5-22-21(24-14-19-26-25-18-9-7-6-8-10-27(18)19)23-13-15-11-16(28-2)20(30-4)17(12-15)29-3;/h11-12H,5-10,13-14H2,1-4H3,(H2,22,23,24);1H. The molecule has 0 radical (unpaired) electrons. The van der Waals surface area contributed by atoms with E-state index in [-0.39, 0.29) is 24.0 Å². The van der Waals surface area contributed by atoms with Gasteiger partial charge in [-0.3, -0.25) is 0 Å². The van der Waals surface area contributed by atoms with Gasteiger partial charge in [0.15, 0.2) is 23.3 Å². The van der Waals surface area contributed by atoms with Gasteiger partial charge in [0, 0.05) is 19.5 Å². The van der Waals surface area contributed by atoms with Gasteiger partial charge in [-0.1, -0.05) is 6.42 Å². The van der Waals surface area contributed by atoms with Crippen molar-refractivity contribution in [2.24, 2.45) is 4.99 Å². The molecule has 0 saturated carbocycles. The lowest BCUT2D eigenvalue weighted by molar-refractivity contribution is 0.324. The Morgan fingerprint density at radius 2 is 1.77 bits per heavy atom. The molecule has 0 fully saturated rings. The second kappa shape index (κ2) is 12.6. The zero-order valence-electron chi connectivity index (χ0n) is 18.7. The number of ether oxygens (including phenoxy) is 3. The number of benzene rings is 1. The quantitative estimate of drug-likeness (QED) is 0.300. The molecule has 172 valence electrons. The lowest BCUT2D eigenvalue weighted by Gasteiger charge is -2.14. The van der Waals surface area contributed by atoms with E-state index in [0.29, 0.717) is 30.3 Å². The molecule has 0 saturated heterocycles. The maximum absolute atomic E-state index is 5.43. The molecular weight excluding hydrogens is 511 g/mol. The largest absolute Gasteiger partial charge is 0.493 e. The normalized spacial score (nSPS) is 13.5. The highest BCUT2D eigenvalue weighted by Gasteiger charge is 2.15. The zero-order chi connectivity index (χ0) is 21.3. The summed E-state index contributed by atoms with van der Waals surface area (Å²) in [6.07, 6.45) is 4.61. The van der Waals surface area contributed by atoms with E-state index in [1.807, 2.05) is 19.1 Å². The maximum Gasteiger partial charge on any atom is 0.203 e. The molecule has 1 aliphatic heterocycles. The van der Waals surface area contributed by atoms with Crippen LogP contribution in [0.2, 0.25) is 0 Å². The van der Waals surface area contributed by atoms with E-state index in [0.717, 1.165) is 42.7 Å². The minimum Gasteiger partial charge on any atom is -0.493 e. The number of nitrogens with one attached hydrogen (secondary N) is 2. The summed E-state index contributed by atoms with van der Waals surface area (Å²) >= 11 is 0. The molecule has 2 N–H and O–H groups in total. The first-order valence-corrected chi connectivity index (χ1v) is 10.4. The van der Waals surface area contributed by atoms with Crippen LogP contribution < -0.4 is 24.8 Å². The fourth-order valence-corrected chi connectivity index (χ4v) is 3.58. The van der Waals surface area contributed by atoms with Crippen molar-refractivity contribution < 1.29 is 14.2 Å². The topological polar surface area (TPSA) is 94.8 Å². The van der Waals surface area contributed by atoms with Crippen molar-refractivity contribution in [1.29, 1.82) is 0 Å². The van der Waals surface area contributed by atoms with Gasteiger partial charge in [-0.05, 0) is 37.5 Å². The first-order valence-electron chi connectivity index (χ1n) is 10.4. The number of rotatable bonds is 8. The molecule has 1 aromatic carbocycles. The molecule has 1 aromatic heterocycles. The molecule has 0 amide bonds. The van der Waals surface area contributed by atoms with Gasteiger partial charge in [0.25, 0.3) is 0 Å². The molecule has 9 nitrogen and oxygen atoms in total. The Kier molecular flexibility index (Phi) is 10.2. The van der Waals surface area contributed by atoms with E-state index >= 15 is 0 Å². The van der Waals surface area contributed by atoms with E-state index < -0.39 is 0 Å². The van der Waals surface area contributed by atoms with Crippen LogP contribution in [0.1, 0.15) is 43.4 Å². The molecule has 0 bridgehead atoms. The zero-order valence-corrected chi connectivity index (χ0v) is 21.1. The SMILES string of the molecule is CCNC(=NCc1cc(OC)c(OC)c(OC)c1)NCc1nnc2n1CCCCC2.I. The molecule has 0 aliphatic carbocycles. The Balaban J connectivity index is 0.00000341. The third-order valence-corrected chi connectivity index (χ3v) is 5.09. The van der Waals surface area contributed by atoms with Crippen LogP contribution in [0.25, 0.3) is 0 Å². The van der Waals surface area contributed by atoms with Crippen molar-refractivity contribution in [1.82, 2.24) is 25.4 Å². The Morgan fingerprint density at radius 3 is 2.42 bits per heavy atom. The third-order valence-electron chi connectivity index (χ3n) is 5.09. The number of aliphatic imine (C=N–C) groups is 1. The molecular formula is C21H33IN6O3. The predicted octanol–water partition coefficient (Wildman–Crippen LogP) is 2.90. The Bertz CT molecular complexity index is 846. The van der Waals surface area contributed by atoms with Gasteiger partial charge in [0.1, 0.15) is 5.82 Å². The summed E-state index contributed by atoms with van der Waals surface area (Å²) in [5, 5.41) is 15.4. The van der Waals surface area contributed by atoms with Crippen LogP contribution in [-0.2, 0) is 26.1 Å². The number of hydrogen-bond acceptors (Lipinski definition) is 6. The van der Waals surface area contributed by atoms with Crippen molar-refractivity contribution in [3.8, 4) is 17.2 Å². The van der Waals surface area contributed by atoms with Gasteiger partial charge in [-0.25, -0.2) is 4.99 Å². The summed E-state index contributed by atoms with van der Waals surface area (Å²) in [4.78, 5) is 4.71. The van der Waals surface area contributed by atoms with Crippen LogP contribution in [0.4, 0.5) is 0 Å². The number of hydrogen-bond donors (Lipinski definition) is 2. The minimum atomic E-state index is 0. The van der Waals surface area contributed by atoms with E-state index in [4.69, 9.17) is 19.2 Å². The van der Waals surface area contributed by atoms with Gasteiger partial charge in [0.05, 0.1) is 34.4 Å². The highest BCUT2D eigenvalue weighted by Crippen LogP contribution is 2.38. The number of aromatic nitrogens is 3. The maximum atomic E-state index is 5.43. The predicted molar refractivity (Wildman–Crippen MR) is 131 cm³/mol. The molecule has 2 aromatic rings. The second-order valence-corrected chi connectivity index (χ2v) is 7.08.